The summed E-state index contributed by atoms with van der Waals surface area (Å²) >= 11 is 0. The van der Waals surface area contributed by atoms with Crippen LogP contribution in [0, 0.1) is 5.92 Å². The molecule has 1 aromatic heterocycles. The van der Waals surface area contributed by atoms with Gasteiger partial charge in [-0.2, -0.15) is 0 Å². The fourth-order valence-electron chi connectivity index (χ4n) is 1.63. The highest BCUT2D eigenvalue weighted by Crippen LogP contribution is 2.11. The molecule has 104 valence electrons. The van der Waals surface area contributed by atoms with Crippen LogP contribution in [0.5, 0.6) is 0 Å². The number of nitrogens with two attached hydrogens (primary N) is 1. The predicted molar refractivity (Wildman–Crippen MR) is 72.1 cm³/mol. The van der Waals surface area contributed by atoms with E-state index in [0.29, 0.717) is 12.5 Å². The van der Waals surface area contributed by atoms with Gasteiger partial charge in [0.2, 0.25) is 0 Å². The maximum atomic E-state index is 5.98. The van der Waals surface area contributed by atoms with Gasteiger partial charge in [-0.15, -0.1) is 5.10 Å². The molecule has 0 saturated carbocycles. The molecule has 0 bridgehead atoms. The van der Waals surface area contributed by atoms with Crippen LogP contribution in [0.3, 0.4) is 0 Å². The lowest BCUT2D eigenvalue weighted by Gasteiger charge is -2.06. The van der Waals surface area contributed by atoms with Gasteiger partial charge in [0, 0.05) is 6.61 Å². The molecule has 0 aromatic carbocycles. The zero-order valence-corrected chi connectivity index (χ0v) is 11.8. The minimum absolute atomic E-state index is 0.00519. The standard InChI is InChI=1S/C13H26N4O/c1-4-5-12(14)13-10-17(16-15-13)7-9-18-8-6-11(2)3/h10-12H,4-9,14H2,1-3H3. The number of aromatic nitrogens is 3. The van der Waals surface area contributed by atoms with E-state index in [2.05, 4.69) is 31.1 Å². The number of hydrogen-bond donors (Lipinski definition) is 1. The van der Waals surface area contributed by atoms with Gasteiger partial charge in [-0.05, 0) is 18.8 Å². The Bertz CT molecular complexity index is 325. The molecule has 0 spiro atoms. The summed E-state index contributed by atoms with van der Waals surface area (Å²) in [4.78, 5) is 0. The zero-order chi connectivity index (χ0) is 13.4. The molecule has 0 fully saturated rings. The van der Waals surface area contributed by atoms with Gasteiger partial charge in [-0.3, -0.25) is 0 Å². The number of nitrogens with zero attached hydrogens (tertiary/aromatic N) is 3. The van der Waals surface area contributed by atoms with Crippen molar-refractivity contribution in [1.82, 2.24) is 15.0 Å². The monoisotopic (exact) mass is 254 g/mol. The molecule has 0 aliphatic heterocycles. The fraction of sp³-hybridized carbons (Fsp3) is 0.846. The lowest BCUT2D eigenvalue weighted by atomic mass is 10.1. The first-order valence-corrected chi connectivity index (χ1v) is 6.86. The van der Waals surface area contributed by atoms with Crippen LogP contribution in [0.25, 0.3) is 0 Å². The summed E-state index contributed by atoms with van der Waals surface area (Å²) in [6, 6.07) is 0.00519. The fourth-order valence-corrected chi connectivity index (χ4v) is 1.63. The van der Waals surface area contributed by atoms with Crippen molar-refractivity contribution in [1.29, 1.82) is 0 Å². The number of ether oxygens (including phenoxy) is 1. The minimum atomic E-state index is 0.00519. The second-order valence-electron chi connectivity index (χ2n) is 5.10. The lowest BCUT2D eigenvalue weighted by molar-refractivity contribution is 0.113. The van der Waals surface area contributed by atoms with E-state index in [-0.39, 0.29) is 6.04 Å². The summed E-state index contributed by atoms with van der Waals surface area (Å²) in [6.07, 6.45) is 5.03. The first-order valence-electron chi connectivity index (χ1n) is 6.86. The summed E-state index contributed by atoms with van der Waals surface area (Å²) < 4.78 is 7.35. The van der Waals surface area contributed by atoms with Crippen LogP contribution in [-0.2, 0) is 11.3 Å². The van der Waals surface area contributed by atoms with Gasteiger partial charge in [-0.1, -0.05) is 32.4 Å². The summed E-state index contributed by atoms with van der Waals surface area (Å²) in [6.45, 7) is 8.74. The largest absolute Gasteiger partial charge is 0.380 e. The molecule has 1 rings (SSSR count). The Kier molecular flexibility index (Phi) is 6.90. The van der Waals surface area contributed by atoms with Gasteiger partial charge in [0.15, 0.2) is 0 Å². The third kappa shape index (κ3) is 5.60. The van der Waals surface area contributed by atoms with E-state index in [9.17, 15) is 0 Å². The maximum absolute atomic E-state index is 5.98. The van der Waals surface area contributed by atoms with Gasteiger partial charge in [0.05, 0.1) is 31.1 Å². The quantitative estimate of drug-likeness (QED) is 0.686. The Morgan fingerprint density at radius 2 is 2.11 bits per heavy atom. The van der Waals surface area contributed by atoms with E-state index in [4.69, 9.17) is 10.5 Å². The molecule has 0 radical (unpaired) electrons. The van der Waals surface area contributed by atoms with Gasteiger partial charge in [0.1, 0.15) is 0 Å². The van der Waals surface area contributed by atoms with Crippen molar-refractivity contribution in [3.63, 3.8) is 0 Å². The van der Waals surface area contributed by atoms with Crippen molar-refractivity contribution in [2.24, 2.45) is 11.7 Å². The molecular weight excluding hydrogens is 228 g/mol. The Labute approximate surface area is 110 Å². The number of hydrogen-bond acceptors (Lipinski definition) is 4. The summed E-state index contributed by atoms with van der Waals surface area (Å²) in [5, 5.41) is 8.15. The zero-order valence-electron chi connectivity index (χ0n) is 11.8. The van der Waals surface area contributed by atoms with Crippen molar-refractivity contribution in [2.45, 2.75) is 52.6 Å². The van der Waals surface area contributed by atoms with E-state index >= 15 is 0 Å². The van der Waals surface area contributed by atoms with Crippen LogP contribution in [0.4, 0.5) is 0 Å². The van der Waals surface area contributed by atoms with Gasteiger partial charge in [-0.25, -0.2) is 4.68 Å². The molecule has 5 nitrogen and oxygen atoms in total. The molecule has 5 heteroatoms. The van der Waals surface area contributed by atoms with Crippen molar-refractivity contribution in [2.75, 3.05) is 13.2 Å². The average molecular weight is 254 g/mol. The average Bonchev–Trinajstić information content (AvgIpc) is 2.77. The first kappa shape index (κ1) is 15.1. The van der Waals surface area contributed by atoms with Crippen LogP contribution in [0.1, 0.15) is 51.8 Å². The Morgan fingerprint density at radius 1 is 1.33 bits per heavy atom. The molecule has 2 N–H and O–H groups in total. The third-order valence-corrected chi connectivity index (χ3v) is 2.84. The number of rotatable bonds is 9. The van der Waals surface area contributed by atoms with Gasteiger partial charge >= 0.3 is 0 Å². The molecule has 0 aliphatic rings. The van der Waals surface area contributed by atoms with Crippen molar-refractivity contribution in [3.05, 3.63) is 11.9 Å². The molecule has 1 heterocycles. The topological polar surface area (TPSA) is 66.0 Å². The van der Waals surface area contributed by atoms with Crippen LogP contribution < -0.4 is 5.73 Å². The SMILES string of the molecule is CCCC(N)c1cn(CCOCCC(C)C)nn1. The third-order valence-electron chi connectivity index (χ3n) is 2.84. The highest BCUT2D eigenvalue weighted by molar-refractivity contribution is 4.99. The van der Waals surface area contributed by atoms with E-state index in [1.165, 1.54) is 0 Å². The Balaban J connectivity index is 2.23. The molecule has 1 unspecified atom stereocenters. The van der Waals surface area contributed by atoms with Crippen LogP contribution in [0.2, 0.25) is 0 Å². The predicted octanol–water partition coefficient (Wildman–Crippen LogP) is 2.14. The first-order chi connectivity index (χ1) is 8.63. The smallest absolute Gasteiger partial charge is 0.0994 e. The summed E-state index contributed by atoms with van der Waals surface area (Å²) in [7, 11) is 0. The van der Waals surface area contributed by atoms with Crippen molar-refractivity contribution < 1.29 is 4.74 Å². The second kappa shape index (κ2) is 8.21. The summed E-state index contributed by atoms with van der Waals surface area (Å²) in [5.74, 6) is 0.690. The van der Waals surface area contributed by atoms with Crippen LogP contribution in [-0.4, -0.2) is 28.2 Å². The highest BCUT2D eigenvalue weighted by atomic mass is 16.5. The van der Waals surface area contributed by atoms with Crippen molar-refractivity contribution in [3.8, 4) is 0 Å². The Hall–Kier alpha value is -0.940. The second-order valence-corrected chi connectivity index (χ2v) is 5.10. The highest BCUT2D eigenvalue weighted by Gasteiger charge is 2.09. The minimum Gasteiger partial charge on any atom is -0.380 e. The van der Waals surface area contributed by atoms with E-state index in [0.717, 1.165) is 38.1 Å². The Morgan fingerprint density at radius 3 is 2.78 bits per heavy atom. The molecule has 0 amide bonds. The van der Waals surface area contributed by atoms with E-state index < -0.39 is 0 Å². The molecule has 1 aromatic rings. The molecule has 18 heavy (non-hydrogen) atoms. The molecular formula is C13H26N4O. The van der Waals surface area contributed by atoms with Crippen LogP contribution >= 0.6 is 0 Å². The van der Waals surface area contributed by atoms with Crippen LogP contribution in [0.15, 0.2) is 6.20 Å². The van der Waals surface area contributed by atoms with Gasteiger partial charge in [0.25, 0.3) is 0 Å². The van der Waals surface area contributed by atoms with E-state index in [1.54, 1.807) is 4.68 Å². The van der Waals surface area contributed by atoms with E-state index in [1.807, 2.05) is 6.20 Å². The summed E-state index contributed by atoms with van der Waals surface area (Å²) in [5.41, 5.74) is 6.86. The normalized spacial score (nSPS) is 13.2. The maximum Gasteiger partial charge on any atom is 0.0994 e. The molecule has 0 saturated heterocycles. The van der Waals surface area contributed by atoms with Gasteiger partial charge < -0.3 is 10.5 Å². The lowest BCUT2D eigenvalue weighted by Crippen LogP contribution is -2.10. The molecule has 0 aliphatic carbocycles. The molecule has 1 atom stereocenters. The van der Waals surface area contributed by atoms with Crippen molar-refractivity contribution >= 4 is 0 Å².